The van der Waals surface area contributed by atoms with E-state index in [9.17, 15) is 0 Å². The first kappa shape index (κ1) is 9.66. The van der Waals surface area contributed by atoms with Crippen LogP contribution in [0.5, 0.6) is 0 Å². The van der Waals surface area contributed by atoms with Crippen LogP contribution in [-0.4, -0.2) is 16.0 Å². The van der Waals surface area contributed by atoms with Gasteiger partial charge in [-0.1, -0.05) is 6.07 Å². The van der Waals surface area contributed by atoms with Gasteiger partial charge >= 0.3 is 0 Å². The van der Waals surface area contributed by atoms with Gasteiger partial charge in [-0.15, -0.1) is 0 Å². The number of rotatable bonds is 1. The molecule has 3 nitrogen and oxygen atoms in total. The van der Waals surface area contributed by atoms with E-state index in [1.54, 1.807) is 0 Å². The number of H-pyrrole nitrogens is 1. The zero-order valence-corrected chi connectivity index (χ0v) is 10.0. The molecule has 2 heterocycles. The zero-order valence-electron chi connectivity index (χ0n) is 10.0. The van der Waals surface area contributed by atoms with E-state index in [1.165, 1.54) is 30.3 Å². The minimum Gasteiger partial charge on any atom is -0.341 e. The Hall–Kier alpha value is -1.35. The van der Waals surface area contributed by atoms with Crippen molar-refractivity contribution in [3.05, 3.63) is 29.6 Å². The summed E-state index contributed by atoms with van der Waals surface area (Å²) in [5.41, 5.74) is 3.55. The molecule has 2 bridgehead atoms. The van der Waals surface area contributed by atoms with Crippen LogP contribution in [0.25, 0.3) is 11.0 Å². The maximum absolute atomic E-state index is 4.74. The molecule has 88 valence electrons. The van der Waals surface area contributed by atoms with Crippen LogP contribution in [0.15, 0.2) is 18.2 Å². The number of hydrogen-bond acceptors (Lipinski definition) is 2. The summed E-state index contributed by atoms with van der Waals surface area (Å²) < 4.78 is 0. The monoisotopic (exact) mass is 227 g/mol. The van der Waals surface area contributed by atoms with Crippen molar-refractivity contribution in [2.75, 3.05) is 0 Å². The van der Waals surface area contributed by atoms with Gasteiger partial charge in [0.2, 0.25) is 0 Å². The molecule has 1 aliphatic heterocycles. The molecule has 0 unspecified atom stereocenters. The van der Waals surface area contributed by atoms with Gasteiger partial charge in [-0.05, 0) is 49.8 Å². The van der Waals surface area contributed by atoms with Crippen LogP contribution in [-0.2, 0) is 0 Å². The van der Waals surface area contributed by atoms with E-state index in [0.29, 0.717) is 6.04 Å². The minimum absolute atomic E-state index is 0.460. The minimum atomic E-state index is 0.460. The van der Waals surface area contributed by atoms with E-state index in [1.807, 2.05) is 0 Å². The Kier molecular flexibility index (Phi) is 1.89. The van der Waals surface area contributed by atoms with Crippen LogP contribution >= 0.6 is 0 Å². The van der Waals surface area contributed by atoms with Crippen molar-refractivity contribution in [3.63, 3.8) is 0 Å². The van der Waals surface area contributed by atoms with Crippen molar-refractivity contribution >= 4 is 11.0 Å². The predicted molar refractivity (Wildman–Crippen MR) is 67.8 cm³/mol. The first-order valence-electron chi connectivity index (χ1n) is 6.52. The summed E-state index contributed by atoms with van der Waals surface area (Å²) in [5.74, 6) is 1.93. The Balaban J connectivity index is 1.76. The lowest BCUT2D eigenvalue weighted by molar-refractivity contribution is 0.380. The third-order valence-corrected chi connectivity index (χ3v) is 4.31. The van der Waals surface area contributed by atoms with Gasteiger partial charge in [-0.3, -0.25) is 0 Å². The lowest BCUT2D eigenvalue weighted by Gasteiger charge is -2.20. The summed E-state index contributed by atoms with van der Waals surface area (Å²) >= 11 is 0. The molecule has 2 fully saturated rings. The summed E-state index contributed by atoms with van der Waals surface area (Å²) in [6.07, 6.45) is 4.04. The number of hydrogen-bond donors (Lipinski definition) is 2. The first-order chi connectivity index (χ1) is 8.29. The highest BCUT2D eigenvalue weighted by molar-refractivity contribution is 5.75. The number of aromatic nitrogens is 2. The van der Waals surface area contributed by atoms with Crippen molar-refractivity contribution < 1.29 is 0 Å². The summed E-state index contributed by atoms with van der Waals surface area (Å²) in [6, 6.07) is 7.61. The second-order valence-electron chi connectivity index (χ2n) is 5.56. The van der Waals surface area contributed by atoms with E-state index in [4.69, 9.17) is 4.98 Å². The van der Waals surface area contributed by atoms with Gasteiger partial charge in [0.25, 0.3) is 0 Å². The van der Waals surface area contributed by atoms with Gasteiger partial charge in [0.1, 0.15) is 5.82 Å². The second kappa shape index (κ2) is 3.33. The van der Waals surface area contributed by atoms with E-state index >= 15 is 0 Å². The van der Waals surface area contributed by atoms with Gasteiger partial charge < -0.3 is 10.3 Å². The number of aromatic amines is 1. The number of nitrogens with one attached hydrogen (secondary N) is 2. The molecule has 3 heteroatoms. The molecule has 1 aromatic carbocycles. The fraction of sp³-hybridized carbons (Fsp3) is 0.500. The molecule has 2 N–H and O–H groups in total. The Bertz CT molecular complexity index is 572. The molecule has 2 aromatic rings. The third kappa shape index (κ3) is 1.42. The number of nitrogens with zero attached hydrogens (tertiary/aromatic N) is 1. The van der Waals surface area contributed by atoms with Gasteiger partial charge in [-0.2, -0.15) is 0 Å². The molecule has 3 atom stereocenters. The highest BCUT2D eigenvalue weighted by Crippen LogP contribution is 2.42. The van der Waals surface area contributed by atoms with Gasteiger partial charge in [0, 0.05) is 6.04 Å². The molecule has 0 amide bonds. The van der Waals surface area contributed by atoms with E-state index in [2.05, 4.69) is 35.4 Å². The predicted octanol–water partition coefficient (Wildman–Crippen LogP) is 2.68. The number of benzene rings is 1. The lowest BCUT2D eigenvalue weighted by atomic mass is 10.00. The number of piperidine rings is 1. The van der Waals surface area contributed by atoms with Crippen LogP contribution in [0.1, 0.15) is 36.7 Å². The topological polar surface area (TPSA) is 40.7 Å². The van der Waals surface area contributed by atoms with Crippen molar-refractivity contribution in [1.82, 2.24) is 15.3 Å². The fourth-order valence-electron chi connectivity index (χ4n) is 3.45. The van der Waals surface area contributed by atoms with Crippen molar-refractivity contribution in [2.24, 2.45) is 5.92 Å². The lowest BCUT2D eigenvalue weighted by Crippen LogP contribution is -2.29. The molecule has 0 spiro atoms. The smallest absolute Gasteiger partial charge is 0.124 e. The van der Waals surface area contributed by atoms with E-state index in [0.717, 1.165) is 23.3 Å². The molecule has 0 radical (unpaired) electrons. The van der Waals surface area contributed by atoms with E-state index in [-0.39, 0.29) is 0 Å². The summed E-state index contributed by atoms with van der Waals surface area (Å²) in [4.78, 5) is 8.23. The zero-order chi connectivity index (χ0) is 11.4. The van der Waals surface area contributed by atoms with Gasteiger partial charge in [-0.25, -0.2) is 4.98 Å². The highest BCUT2D eigenvalue weighted by Gasteiger charge is 2.41. The van der Waals surface area contributed by atoms with Crippen molar-refractivity contribution in [3.8, 4) is 0 Å². The van der Waals surface area contributed by atoms with Crippen molar-refractivity contribution in [1.29, 1.82) is 0 Å². The quantitative estimate of drug-likeness (QED) is 0.786. The normalized spacial score (nSPS) is 31.5. The summed E-state index contributed by atoms with van der Waals surface area (Å²) in [7, 11) is 0. The molecular weight excluding hydrogens is 210 g/mol. The molecule has 1 aromatic heterocycles. The van der Waals surface area contributed by atoms with Crippen LogP contribution < -0.4 is 5.32 Å². The Morgan fingerprint density at radius 1 is 1.29 bits per heavy atom. The Labute approximate surface area is 101 Å². The molecule has 1 saturated heterocycles. The van der Waals surface area contributed by atoms with Crippen LogP contribution in [0.3, 0.4) is 0 Å². The average Bonchev–Trinajstić information content (AvgIpc) is 3.01. The largest absolute Gasteiger partial charge is 0.341 e. The SMILES string of the molecule is Cc1ccc2nc([C@H]3N[C@@H]4CC[C@H]3C4)[nH]c2c1. The molecular formula is C14H17N3. The molecule has 1 saturated carbocycles. The highest BCUT2D eigenvalue weighted by atomic mass is 15.1. The molecule has 17 heavy (non-hydrogen) atoms. The first-order valence-corrected chi connectivity index (χ1v) is 6.52. The third-order valence-electron chi connectivity index (χ3n) is 4.31. The number of fused-ring (bicyclic) bond motifs is 3. The van der Waals surface area contributed by atoms with Crippen molar-refractivity contribution in [2.45, 2.75) is 38.3 Å². The summed E-state index contributed by atoms with van der Waals surface area (Å²) in [6.45, 7) is 2.12. The van der Waals surface area contributed by atoms with E-state index < -0.39 is 0 Å². The fourth-order valence-corrected chi connectivity index (χ4v) is 3.45. The van der Waals surface area contributed by atoms with Gasteiger partial charge in [0.15, 0.2) is 0 Å². The van der Waals surface area contributed by atoms with Crippen LogP contribution in [0, 0.1) is 12.8 Å². The Morgan fingerprint density at radius 3 is 3.00 bits per heavy atom. The maximum atomic E-state index is 4.74. The number of aryl methyl sites for hydroxylation is 1. The molecule has 2 aliphatic rings. The van der Waals surface area contributed by atoms with Gasteiger partial charge in [0.05, 0.1) is 17.1 Å². The standard InChI is InChI=1S/C14H17N3/c1-8-2-5-11-12(6-8)17-14(16-11)13-9-3-4-10(7-9)15-13/h2,5-6,9-10,13,15H,3-4,7H2,1H3,(H,16,17)/t9-,10+,13-/m0/s1. The van der Waals surface area contributed by atoms with Crippen LogP contribution in [0.2, 0.25) is 0 Å². The molecule has 4 rings (SSSR count). The summed E-state index contributed by atoms with van der Waals surface area (Å²) in [5, 5.41) is 3.69. The number of imidazole rings is 1. The Morgan fingerprint density at radius 2 is 2.24 bits per heavy atom. The average molecular weight is 227 g/mol. The second-order valence-corrected chi connectivity index (χ2v) is 5.56. The molecule has 1 aliphatic carbocycles. The maximum Gasteiger partial charge on any atom is 0.124 e. The van der Waals surface area contributed by atoms with Crippen LogP contribution in [0.4, 0.5) is 0 Å².